The highest BCUT2D eigenvalue weighted by Gasteiger charge is 2.43. The average Bonchev–Trinajstić information content (AvgIpc) is 3.87. The van der Waals surface area contributed by atoms with Crippen molar-refractivity contribution >= 4 is 35.0 Å². The number of hydrogen-bond donors (Lipinski definition) is 3. The monoisotopic (exact) mass is 786 g/mol. The standard InChI is InChI=1S/C41H66N6O7S/c1-11-27(4)36(46(8)41(52)30(19-22-48)43-39(51)35(26(2)3)45(6)7)33(53-9)25-34(49)47-21-15-18-32(47)37(54-10)28(5)38(50)44-31(40-42-20-23-55-40)24-29-16-13-12-14-17-29/h12-14,16-17,20,23,26-28,30-33,35-37,48H,11,15,18-19,21-22,24-25H2,1-10H3,(H,43,51)(H,44,50)/t27-,28+,30-,31-,32-,33+,35-,36-,37+/m0/s1. The Bertz CT molecular complexity index is 1470. The Kier molecular flexibility index (Phi) is 18.7. The van der Waals surface area contributed by atoms with Crippen LogP contribution in [0, 0.1) is 17.8 Å². The second kappa shape index (κ2) is 22.3. The molecule has 3 rings (SSSR count). The summed E-state index contributed by atoms with van der Waals surface area (Å²) in [6, 6.07) is 7.41. The van der Waals surface area contributed by atoms with Gasteiger partial charge in [0.2, 0.25) is 23.6 Å². The summed E-state index contributed by atoms with van der Waals surface area (Å²) < 4.78 is 12.0. The van der Waals surface area contributed by atoms with E-state index in [4.69, 9.17) is 9.47 Å². The van der Waals surface area contributed by atoms with Crippen LogP contribution in [0.25, 0.3) is 0 Å². The first-order valence-corrected chi connectivity index (χ1v) is 20.5. The molecule has 1 saturated heterocycles. The molecule has 1 aliphatic rings. The van der Waals surface area contributed by atoms with Gasteiger partial charge in [-0.1, -0.05) is 71.4 Å². The summed E-state index contributed by atoms with van der Waals surface area (Å²) in [5.74, 6) is -1.60. The van der Waals surface area contributed by atoms with Crippen LogP contribution in [0.5, 0.6) is 0 Å². The van der Waals surface area contributed by atoms with Crippen LogP contribution in [0.2, 0.25) is 0 Å². The zero-order chi connectivity index (χ0) is 40.8. The lowest BCUT2D eigenvalue weighted by Gasteiger charge is -2.40. The number of rotatable bonds is 22. The van der Waals surface area contributed by atoms with E-state index in [1.807, 2.05) is 94.2 Å². The van der Waals surface area contributed by atoms with E-state index < -0.39 is 36.3 Å². The molecule has 1 fully saturated rings. The van der Waals surface area contributed by atoms with E-state index in [0.717, 1.165) is 17.0 Å². The smallest absolute Gasteiger partial charge is 0.245 e. The molecule has 308 valence electrons. The third-order valence-corrected chi connectivity index (χ3v) is 12.0. The molecule has 2 aromatic rings. The molecule has 0 radical (unpaired) electrons. The van der Waals surface area contributed by atoms with E-state index in [1.165, 1.54) is 11.3 Å². The Balaban J connectivity index is 1.78. The fraction of sp³-hybridized carbons (Fsp3) is 0.683. The minimum Gasteiger partial charge on any atom is -0.396 e. The lowest BCUT2D eigenvalue weighted by Crippen LogP contribution is -2.58. The highest BCUT2D eigenvalue weighted by Crippen LogP contribution is 2.30. The first-order chi connectivity index (χ1) is 26.2. The van der Waals surface area contributed by atoms with Crippen molar-refractivity contribution in [2.24, 2.45) is 17.8 Å². The second-order valence-corrected chi connectivity index (χ2v) is 16.4. The molecule has 0 saturated carbocycles. The van der Waals surface area contributed by atoms with Crippen molar-refractivity contribution in [3.63, 3.8) is 0 Å². The number of likely N-dealkylation sites (tertiary alicyclic amines) is 1. The quantitative estimate of drug-likeness (QED) is 0.161. The number of carbonyl (C=O) groups is 4. The zero-order valence-electron chi connectivity index (χ0n) is 34.6. The lowest BCUT2D eigenvalue weighted by atomic mass is 9.89. The first-order valence-electron chi connectivity index (χ1n) is 19.6. The largest absolute Gasteiger partial charge is 0.396 e. The normalized spacial score (nSPS) is 18.9. The fourth-order valence-electron chi connectivity index (χ4n) is 8.09. The number of aliphatic hydroxyl groups is 1. The third kappa shape index (κ3) is 12.3. The Hall–Kier alpha value is -3.43. The Labute approximate surface area is 332 Å². The molecule has 0 bridgehead atoms. The third-order valence-electron chi connectivity index (χ3n) is 11.1. The topological polar surface area (TPSA) is 154 Å². The van der Waals surface area contributed by atoms with Gasteiger partial charge in [0.25, 0.3) is 0 Å². The van der Waals surface area contributed by atoms with Gasteiger partial charge in [0.15, 0.2) is 0 Å². The summed E-state index contributed by atoms with van der Waals surface area (Å²) in [6.45, 7) is 9.99. The van der Waals surface area contributed by atoms with Crippen LogP contribution < -0.4 is 10.6 Å². The van der Waals surface area contributed by atoms with E-state index in [0.29, 0.717) is 25.8 Å². The van der Waals surface area contributed by atoms with Crippen LogP contribution in [-0.4, -0.2) is 133 Å². The van der Waals surface area contributed by atoms with E-state index in [9.17, 15) is 24.3 Å². The molecule has 55 heavy (non-hydrogen) atoms. The molecule has 1 aromatic carbocycles. The summed E-state index contributed by atoms with van der Waals surface area (Å²) >= 11 is 1.50. The van der Waals surface area contributed by atoms with Crippen LogP contribution in [0.15, 0.2) is 41.9 Å². The first kappa shape index (κ1) is 46.0. The number of ether oxygens (including phenoxy) is 2. The van der Waals surface area contributed by atoms with Gasteiger partial charge in [-0.2, -0.15) is 0 Å². The average molecular weight is 787 g/mol. The van der Waals surface area contributed by atoms with Crippen molar-refractivity contribution in [3.8, 4) is 0 Å². The van der Waals surface area contributed by atoms with Gasteiger partial charge in [-0.25, -0.2) is 4.98 Å². The summed E-state index contributed by atoms with van der Waals surface area (Å²) in [5.41, 5.74) is 1.08. The predicted octanol–water partition coefficient (Wildman–Crippen LogP) is 3.92. The van der Waals surface area contributed by atoms with Crippen molar-refractivity contribution < 1.29 is 33.8 Å². The number of likely N-dealkylation sites (N-methyl/N-ethyl adjacent to an activating group) is 2. The molecule has 0 aliphatic carbocycles. The zero-order valence-corrected chi connectivity index (χ0v) is 35.4. The molecule has 14 heteroatoms. The summed E-state index contributed by atoms with van der Waals surface area (Å²) in [7, 11) is 8.44. The van der Waals surface area contributed by atoms with Gasteiger partial charge < -0.3 is 35.0 Å². The fourth-order valence-corrected chi connectivity index (χ4v) is 8.78. The maximum atomic E-state index is 14.3. The lowest BCUT2D eigenvalue weighted by molar-refractivity contribution is -0.147. The molecule has 3 N–H and O–H groups in total. The number of benzene rings is 1. The SMILES string of the molecule is CC[C@H](C)[C@@H]([C@@H](CC(=O)N1CCC[C@H]1[C@H](OC)[C@@H](C)C(=O)N[C@@H](Cc1ccccc1)c1nccs1)OC)N(C)C(=O)[C@H](CCO)NC(=O)[C@H](C(C)C)N(C)C. The van der Waals surface area contributed by atoms with Crippen molar-refractivity contribution in [1.29, 1.82) is 0 Å². The molecule has 0 spiro atoms. The van der Waals surface area contributed by atoms with Gasteiger partial charge >= 0.3 is 0 Å². The van der Waals surface area contributed by atoms with E-state index >= 15 is 0 Å². The Morgan fingerprint density at radius 1 is 1.02 bits per heavy atom. The molecule has 9 atom stereocenters. The van der Waals surface area contributed by atoms with Crippen LogP contribution in [0.3, 0.4) is 0 Å². The maximum absolute atomic E-state index is 14.3. The molecule has 13 nitrogen and oxygen atoms in total. The van der Waals surface area contributed by atoms with Crippen LogP contribution in [0.1, 0.15) is 83.3 Å². The van der Waals surface area contributed by atoms with Crippen molar-refractivity contribution in [3.05, 3.63) is 52.5 Å². The van der Waals surface area contributed by atoms with Gasteiger partial charge in [0, 0.05) is 46.0 Å². The number of thiazole rings is 1. The minimum atomic E-state index is -0.954. The van der Waals surface area contributed by atoms with Crippen LogP contribution in [0.4, 0.5) is 0 Å². The van der Waals surface area contributed by atoms with Gasteiger partial charge in [-0.15, -0.1) is 11.3 Å². The number of aromatic nitrogens is 1. The molecular formula is C41H66N6O7S. The van der Waals surface area contributed by atoms with E-state index in [2.05, 4.69) is 15.6 Å². The molecule has 1 aliphatic heterocycles. The number of carbonyl (C=O) groups excluding carboxylic acids is 4. The minimum absolute atomic E-state index is 0.000994. The molecule has 4 amide bonds. The van der Waals surface area contributed by atoms with Gasteiger partial charge in [-0.3, -0.25) is 24.1 Å². The van der Waals surface area contributed by atoms with Gasteiger partial charge in [-0.05, 0) is 57.2 Å². The highest BCUT2D eigenvalue weighted by molar-refractivity contribution is 7.09. The van der Waals surface area contributed by atoms with Crippen LogP contribution >= 0.6 is 11.3 Å². The van der Waals surface area contributed by atoms with Gasteiger partial charge in [0.1, 0.15) is 11.0 Å². The summed E-state index contributed by atoms with van der Waals surface area (Å²) in [4.78, 5) is 65.3. The summed E-state index contributed by atoms with van der Waals surface area (Å²) in [6.07, 6.45) is 3.31. The van der Waals surface area contributed by atoms with E-state index in [1.54, 1.807) is 32.4 Å². The predicted molar refractivity (Wildman–Crippen MR) is 215 cm³/mol. The summed E-state index contributed by atoms with van der Waals surface area (Å²) in [5, 5.41) is 18.7. The maximum Gasteiger partial charge on any atom is 0.245 e. The van der Waals surface area contributed by atoms with Crippen molar-refractivity contribution in [1.82, 2.24) is 30.3 Å². The van der Waals surface area contributed by atoms with E-state index in [-0.39, 0.29) is 67.0 Å². The van der Waals surface area contributed by atoms with Gasteiger partial charge in [0.05, 0.1) is 48.7 Å². The molecular weight excluding hydrogens is 721 g/mol. The van der Waals surface area contributed by atoms with Crippen molar-refractivity contribution in [2.75, 3.05) is 48.5 Å². The number of aliphatic hydroxyl groups excluding tert-OH is 1. The number of amides is 4. The van der Waals surface area contributed by atoms with Crippen molar-refractivity contribution in [2.45, 2.75) is 116 Å². The Morgan fingerprint density at radius 2 is 1.71 bits per heavy atom. The number of nitrogens with one attached hydrogen (secondary N) is 2. The highest BCUT2D eigenvalue weighted by atomic mass is 32.1. The van der Waals surface area contributed by atoms with Crippen LogP contribution in [-0.2, 0) is 35.1 Å². The number of nitrogens with zero attached hydrogens (tertiary/aromatic N) is 4. The number of hydrogen-bond acceptors (Lipinski definition) is 10. The number of methoxy groups -OCH3 is 2. The molecule has 1 aromatic heterocycles. The molecule has 0 unspecified atom stereocenters. The Morgan fingerprint density at radius 3 is 2.25 bits per heavy atom. The molecule has 2 heterocycles. The second-order valence-electron chi connectivity index (χ2n) is 15.4.